The highest BCUT2D eigenvalue weighted by Crippen LogP contribution is 2.26. The third kappa shape index (κ3) is 15.1. The van der Waals surface area contributed by atoms with Crippen LogP contribution in [0.25, 0.3) is 0 Å². The Bertz CT molecular complexity index is 1980. The zero-order chi connectivity index (χ0) is 46.9. The number of nitrogens with zero attached hydrogens (tertiary/aromatic N) is 3. The number of benzene rings is 2. The maximum atomic E-state index is 14.4. The number of likely N-dealkylation sites (tertiary alicyclic amines) is 2. The normalized spacial score (nSPS) is 18.2. The molecule has 0 unspecified atom stereocenters. The molecular formula is C44H63N11O9. The molecule has 2 aliphatic rings. The largest absolute Gasteiger partial charge is 0.480 e. The van der Waals surface area contributed by atoms with Crippen LogP contribution in [-0.4, -0.2) is 130 Å². The zero-order valence-electron chi connectivity index (χ0n) is 36.4. The second-order valence-electron chi connectivity index (χ2n) is 16.7. The molecule has 13 N–H and O–H groups in total. The molecule has 20 heteroatoms. The minimum Gasteiger partial charge on any atom is -0.480 e. The fourth-order valence-electron chi connectivity index (χ4n) is 7.97. The number of aliphatic imine (C=N–C) groups is 1. The monoisotopic (exact) mass is 889 g/mol. The predicted octanol–water partition coefficient (Wildman–Crippen LogP) is -1.22. The van der Waals surface area contributed by atoms with Gasteiger partial charge in [0.1, 0.15) is 36.3 Å². The molecule has 64 heavy (non-hydrogen) atoms. The summed E-state index contributed by atoms with van der Waals surface area (Å²) in [6.45, 7) is 4.48. The summed E-state index contributed by atoms with van der Waals surface area (Å²) in [4.78, 5) is 114. The van der Waals surface area contributed by atoms with Crippen molar-refractivity contribution in [2.24, 2.45) is 33.8 Å². The average molecular weight is 890 g/mol. The van der Waals surface area contributed by atoms with Gasteiger partial charge in [0.2, 0.25) is 41.4 Å². The molecule has 0 aliphatic carbocycles. The average Bonchev–Trinajstić information content (AvgIpc) is 3.95. The van der Waals surface area contributed by atoms with Crippen LogP contribution in [0, 0.1) is 5.92 Å². The van der Waals surface area contributed by atoms with Crippen molar-refractivity contribution in [1.82, 2.24) is 31.1 Å². The van der Waals surface area contributed by atoms with Gasteiger partial charge in [0.15, 0.2) is 5.96 Å². The molecule has 0 aromatic heterocycles. The molecule has 2 aromatic rings. The number of rotatable bonds is 23. The van der Waals surface area contributed by atoms with Gasteiger partial charge in [-0.15, -0.1) is 0 Å². The summed E-state index contributed by atoms with van der Waals surface area (Å²) in [5.41, 5.74) is 23.8. The number of primary amides is 1. The molecule has 0 spiro atoms. The lowest BCUT2D eigenvalue weighted by Gasteiger charge is -2.33. The summed E-state index contributed by atoms with van der Waals surface area (Å²) >= 11 is 0. The van der Waals surface area contributed by atoms with Gasteiger partial charge in [-0.3, -0.25) is 38.6 Å². The van der Waals surface area contributed by atoms with Crippen molar-refractivity contribution in [2.75, 3.05) is 19.6 Å². The predicted molar refractivity (Wildman–Crippen MR) is 236 cm³/mol. The highest BCUT2D eigenvalue weighted by atomic mass is 16.4. The molecule has 0 bridgehead atoms. The van der Waals surface area contributed by atoms with Crippen LogP contribution in [0.4, 0.5) is 0 Å². The quantitative estimate of drug-likeness (QED) is 0.0360. The number of carboxylic acid groups (broad SMARTS) is 1. The number of nitrogens with one attached hydrogen (secondary N) is 4. The fourth-order valence-corrected chi connectivity index (χ4v) is 7.97. The highest BCUT2D eigenvalue weighted by molar-refractivity contribution is 5.98. The standard InChI is InChI=1S/C44H63N11O9/c1-26(2)22-29(45)37(57)50-30(16-9-19-49-44(47)48)41(61)55-21-11-18-35(55)42(62)54-20-10-17-34(54)40(60)52-31(23-27-12-5-3-6-13-27)38(58)51-32(25-36(46)56)39(59)53-33(43(63)64)24-28-14-7-4-8-15-28/h3-8,12-15,26,29-35H,9-11,16-25,45H2,1-2H3,(H2,46,56)(H,50,57)(H,51,58)(H,52,60)(H,53,59)(H,63,64)(H4,47,48,49)/t29-,30-,31-,32-,33-,34-,35-/m0/s1. The first-order valence-corrected chi connectivity index (χ1v) is 21.7. The van der Waals surface area contributed by atoms with Crippen LogP contribution in [0.5, 0.6) is 0 Å². The van der Waals surface area contributed by atoms with Crippen molar-refractivity contribution >= 4 is 53.3 Å². The molecule has 7 amide bonds. The molecule has 2 saturated heterocycles. The van der Waals surface area contributed by atoms with Gasteiger partial charge in [-0.1, -0.05) is 74.5 Å². The molecule has 4 rings (SSSR count). The van der Waals surface area contributed by atoms with Crippen LogP contribution in [-0.2, 0) is 51.2 Å². The molecule has 2 heterocycles. The first kappa shape index (κ1) is 50.1. The van der Waals surface area contributed by atoms with E-state index < -0.39 is 96.0 Å². The Kier molecular flexibility index (Phi) is 19.0. The van der Waals surface area contributed by atoms with Gasteiger partial charge in [-0.25, -0.2) is 4.79 Å². The van der Waals surface area contributed by atoms with Crippen molar-refractivity contribution in [1.29, 1.82) is 0 Å². The summed E-state index contributed by atoms with van der Waals surface area (Å²) in [5.74, 6) is -6.23. The van der Waals surface area contributed by atoms with Crippen molar-refractivity contribution in [2.45, 2.75) is 120 Å². The van der Waals surface area contributed by atoms with E-state index in [0.29, 0.717) is 43.2 Å². The number of hydrogen-bond donors (Lipinski definition) is 9. The lowest BCUT2D eigenvalue weighted by molar-refractivity contribution is -0.148. The summed E-state index contributed by atoms with van der Waals surface area (Å²) in [5, 5.41) is 20.3. The first-order valence-electron chi connectivity index (χ1n) is 21.7. The van der Waals surface area contributed by atoms with Gasteiger partial charge in [-0.2, -0.15) is 0 Å². The van der Waals surface area contributed by atoms with Gasteiger partial charge in [-0.05, 0) is 62.0 Å². The zero-order valence-corrected chi connectivity index (χ0v) is 36.4. The Morgan fingerprint density at radius 1 is 0.703 bits per heavy atom. The van der Waals surface area contributed by atoms with Crippen LogP contribution < -0.4 is 44.2 Å². The van der Waals surface area contributed by atoms with Crippen molar-refractivity contribution < 1.29 is 43.5 Å². The Balaban J connectivity index is 1.52. The number of carbonyl (C=O) groups excluding carboxylic acids is 7. The number of aliphatic carboxylic acids is 1. The van der Waals surface area contributed by atoms with E-state index in [9.17, 15) is 43.5 Å². The number of carboxylic acids is 1. The summed E-state index contributed by atoms with van der Waals surface area (Å²) in [6.07, 6.45) is 1.60. The number of nitrogens with two attached hydrogens (primary N) is 4. The molecule has 2 aromatic carbocycles. The minimum absolute atomic E-state index is 0.0578. The maximum absolute atomic E-state index is 14.4. The topological polar surface area (TPSA) is 328 Å². The molecule has 0 radical (unpaired) electrons. The van der Waals surface area contributed by atoms with Crippen molar-refractivity contribution in [3.8, 4) is 0 Å². The molecule has 0 saturated carbocycles. The lowest BCUT2D eigenvalue weighted by Crippen LogP contribution is -2.60. The number of carbonyl (C=O) groups is 8. The highest BCUT2D eigenvalue weighted by Gasteiger charge is 2.44. The van der Waals surface area contributed by atoms with Crippen LogP contribution in [0.2, 0.25) is 0 Å². The van der Waals surface area contributed by atoms with Crippen LogP contribution in [0.1, 0.15) is 76.3 Å². The molecule has 2 fully saturated rings. The summed E-state index contributed by atoms with van der Waals surface area (Å²) < 4.78 is 0. The van der Waals surface area contributed by atoms with E-state index in [1.807, 2.05) is 13.8 Å². The Labute approximate surface area is 372 Å². The van der Waals surface area contributed by atoms with E-state index in [4.69, 9.17) is 22.9 Å². The Morgan fingerprint density at radius 2 is 1.23 bits per heavy atom. The van der Waals surface area contributed by atoms with E-state index in [-0.39, 0.29) is 57.2 Å². The van der Waals surface area contributed by atoms with E-state index in [2.05, 4.69) is 26.3 Å². The summed E-state index contributed by atoms with van der Waals surface area (Å²) in [7, 11) is 0. The molecule has 7 atom stereocenters. The molecule has 348 valence electrons. The Morgan fingerprint density at radius 3 is 1.80 bits per heavy atom. The number of hydrogen-bond acceptors (Lipinski definition) is 10. The van der Waals surface area contributed by atoms with Gasteiger partial charge in [0.05, 0.1) is 12.5 Å². The van der Waals surface area contributed by atoms with Gasteiger partial charge < -0.3 is 59.1 Å². The van der Waals surface area contributed by atoms with Gasteiger partial charge in [0.25, 0.3) is 0 Å². The maximum Gasteiger partial charge on any atom is 0.326 e. The van der Waals surface area contributed by atoms with Crippen LogP contribution in [0.3, 0.4) is 0 Å². The number of guanidine groups is 1. The van der Waals surface area contributed by atoms with E-state index in [1.165, 1.54) is 9.80 Å². The van der Waals surface area contributed by atoms with Gasteiger partial charge in [0, 0.05) is 32.5 Å². The van der Waals surface area contributed by atoms with Crippen molar-refractivity contribution in [3.63, 3.8) is 0 Å². The molecule has 2 aliphatic heterocycles. The second kappa shape index (κ2) is 24.3. The van der Waals surface area contributed by atoms with Gasteiger partial charge >= 0.3 is 5.97 Å². The first-order chi connectivity index (χ1) is 30.4. The lowest BCUT2D eigenvalue weighted by atomic mass is 10.0. The smallest absolute Gasteiger partial charge is 0.326 e. The van der Waals surface area contributed by atoms with Crippen LogP contribution in [0.15, 0.2) is 65.7 Å². The fraction of sp³-hybridized carbons (Fsp3) is 0.523. The Hall–Kier alpha value is -6.57. The third-order valence-electron chi connectivity index (χ3n) is 11.1. The third-order valence-corrected chi connectivity index (χ3v) is 11.1. The van der Waals surface area contributed by atoms with E-state index in [1.54, 1.807) is 60.7 Å². The molecular weight excluding hydrogens is 827 g/mol. The number of amides is 7. The van der Waals surface area contributed by atoms with E-state index >= 15 is 0 Å². The minimum atomic E-state index is -1.60. The van der Waals surface area contributed by atoms with Crippen molar-refractivity contribution in [3.05, 3.63) is 71.8 Å². The SMILES string of the molecule is CC(C)C[C@H](N)C(=O)N[C@@H](CCCN=C(N)N)C(=O)N1CCC[C@H]1C(=O)N1CCC[C@H]1C(=O)N[C@@H](Cc1ccccc1)C(=O)N[C@@H](CC(N)=O)C(=O)N[C@@H](Cc1ccccc1)C(=O)O. The van der Waals surface area contributed by atoms with Crippen LogP contribution >= 0.6 is 0 Å². The second-order valence-corrected chi connectivity index (χ2v) is 16.7. The van der Waals surface area contributed by atoms with E-state index in [0.717, 1.165) is 0 Å². The summed E-state index contributed by atoms with van der Waals surface area (Å²) in [6, 6.07) is 9.07. The molecule has 20 nitrogen and oxygen atoms in total.